The largest absolute Gasteiger partial charge is 0.494 e. The number of hydrogen-bond donors (Lipinski definition) is 0. The molecule has 4 rings (SSSR count). The summed E-state index contributed by atoms with van der Waals surface area (Å²) in [6.45, 7) is 23.4. The summed E-state index contributed by atoms with van der Waals surface area (Å²) in [7, 11) is 0. The van der Waals surface area contributed by atoms with Crippen LogP contribution in [0.1, 0.15) is 104 Å². The van der Waals surface area contributed by atoms with E-state index >= 15 is 0 Å². The standard InChI is InChI=1S/C29H41N3O2.C3H8.2C2H6/c1-3-9-26-12-7-17-31(26)18-8-23-34-28-15-13-25(14-16-28)29(33)24(2)30-19-21-32(22-20-30)27-10-5-4-6-11-27;1-3-2;2*1-2/h4-6,10-11,13-16,24,26H,3,7-9,12,17-23H2,1-2H3;3H2,1-2H3;2*1-2H3. The molecule has 2 saturated heterocycles. The molecule has 0 N–H and O–H groups in total. The molecular weight excluding hydrogens is 506 g/mol. The molecule has 0 amide bonds. The van der Waals surface area contributed by atoms with Crippen molar-refractivity contribution in [1.29, 1.82) is 0 Å². The molecule has 0 spiro atoms. The van der Waals surface area contributed by atoms with Crippen molar-refractivity contribution in [2.75, 3.05) is 50.8 Å². The lowest BCUT2D eigenvalue weighted by Crippen LogP contribution is -2.51. The van der Waals surface area contributed by atoms with E-state index in [0.717, 1.165) is 63.1 Å². The third-order valence-corrected chi connectivity index (χ3v) is 7.48. The molecule has 232 valence electrons. The fourth-order valence-electron chi connectivity index (χ4n) is 5.44. The predicted molar refractivity (Wildman–Crippen MR) is 179 cm³/mol. The van der Waals surface area contributed by atoms with E-state index in [-0.39, 0.29) is 11.8 Å². The summed E-state index contributed by atoms with van der Waals surface area (Å²) in [6.07, 6.45) is 7.57. The molecule has 2 atom stereocenters. The van der Waals surface area contributed by atoms with Crippen LogP contribution >= 0.6 is 0 Å². The Bertz CT molecular complexity index is 895. The number of anilines is 1. The highest BCUT2D eigenvalue weighted by molar-refractivity contribution is 6.00. The Hall–Kier alpha value is -2.37. The van der Waals surface area contributed by atoms with Gasteiger partial charge in [0.2, 0.25) is 0 Å². The fraction of sp³-hybridized carbons (Fsp3) is 0.639. The first kappa shape index (κ1) is 36.7. The summed E-state index contributed by atoms with van der Waals surface area (Å²) in [5.74, 6) is 1.04. The topological polar surface area (TPSA) is 36.0 Å². The molecule has 5 heteroatoms. The van der Waals surface area contributed by atoms with Crippen LogP contribution in [0, 0.1) is 0 Å². The Morgan fingerprint density at radius 2 is 1.49 bits per heavy atom. The molecule has 0 aromatic heterocycles. The lowest BCUT2D eigenvalue weighted by atomic mass is 10.0. The Morgan fingerprint density at radius 3 is 2.07 bits per heavy atom. The van der Waals surface area contributed by atoms with E-state index < -0.39 is 0 Å². The summed E-state index contributed by atoms with van der Waals surface area (Å²) in [6, 6.07) is 18.9. The third-order valence-electron chi connectivity index (χ3n) is 7.48. The second kappa shape index (κ2) is 22.3. The Morgan fingerprint density at radius 1 is 0.878 bits per heavy atom. The number of rotatable bonds is 11. The first-order valence-electron chi connectivity index (χ1n) is 16.6. The Kier molecular flexibility index (Phi) is 19.9. The van der Waals surface area contributed by atoms with Gasteiger partial charge in [-0.25, -0.2) is 0 Å². The molecule has 2 aliphatic rings. The first-order chi connectivity index (χ1) is 20.1. The van der Waals surface area contributed by atoms with Crippen LogP contribution < -0.4 is 9.64 Å². The molecule has 0 radical (unpaired) electrons. The minimum atomic E-state index is -0.110. The average molecular weight is 568 g/mol. The van der Waals surface area contributed by atoms with E-state index in [0.29, 0.717) is 0 Å². The summed E-state index contributed by atoms with van der Waals surface area (Å²) < 4.78 is 5.97. The van der Waals surface area contributed by atoms with Gasteiger partial charge in [0.25, 0.3) is 0 Å². The average Bonchev–Trinajstić information content (AvgIpc) is 3.49. The van der Waals surface area contributed by atoms with Crippen LogP contribution in [-0.2, 0) is 0 Å². The number of likely N-dealkylation sites (tertiary alicyclic amines) is 1. The quantitative estimate of drug-likeness (QED) is 0.201. The number of ether oxygens (including phenoxy) is 1. The number of carbonyl (C=O) groups excluding carboxylic acids is 1. The highest BCUT2D eigenvalue weighted by Gasteiger charge is 2.26. The number of ketones is 1. The molecule has 2 unspecified atom stereocenters. The molecule has 0 saturated carbocycles. The van der Waals surface area contributed by atoms with E-state index in [2.05, 4.69) is 59.7 Å². The highest BCUT2D eigenvalue weighted by atomic mass is 16.5. The van der Waals surface area contributed by atoms with E-state index in [4.69, 9.17) is 4.74 Å². The van der Waals surface area contributed by atoms with Crippen molar-refractivity contribution in [3.8, 4) is 5.75 Å². The van der Waals surface area contributed by atoms with Crippen LogP contribution in [0.5, 0.6) is 5.75 Å². The van der Waals surface area contributed by atoms with Gasteiger partial charge >= 0.3 is 0 Å². The van der Waals surface area contributed by atoms with Crippen molar-refractivity contribution in [1.82, 2.24) is 9.80 Å². The maximum atomic E-state index is 13.1. The van der Waals surface area contributed by atoms with Crippen molar-refractivity contribution in [2.24, 2.45) is 0 Å². The minimum absolute atomic E-state index is 0.110. The van der Waals surface area contributed by atoms with Crippen molar-refractivity contribution < 1.29 is 9.53 Å². The molecule has 0 bridgehead atoms. The molecule has 2 aromatic carbocycles. The second-order valence-electron chi connectivity index (χ2n) is 10.5. The predicted octanol–water partition coefficient (Wildman–Crippen LogP) is 8.58. The van der Waals surface area contributed by atoms with Gasteiger partial charge in [-0.15, -0.1) is 0 Å². The number of nitrogens with zero attached hydrogens (tertiary/aromatic N) is 3. The van der Waals surface area contributed by atoms with Gasteiger partial charge in [0, 0.05) is 50.0 Å². The van der Waals surface area contributed by atoms with Gasteiger partial charge in [-0.05, 0) is 75.5 Å². The maximum Gasteiger partial charge on any atom is 0.179 e. The van der Waals surface area contributed by atoms with Crippen molar-refractivity contribution in [2.45, 2.75) is 106 Å². The van der Waals surface area contributed by atoms with E-state index in [1.165, 1.54) is 44.3 Å². The zero-order valence-corrected chi connectivity index (χ0v) is 27.7. The number of para-hydroxylation sites is 1. The number of piperazine rings is 1. The molecule has 0 aliphatic carbocycles. The van der Waals surface area contributed by atoms with Gasteiger partial charge in [-0.2, -0.15) is 0 Å². The molecule has 2 fully saturated rings. The number of Topliss-reactive ketones (excluding diaryl/α,β-unsaturated/α-hetero) is 1. The summed E-state index contributed by atoms with van der Waals surface area (Å²) in [5.41, 5.74) is 2.03. The van der Waals surface area contributed by atoms with E-state index in [9.17, 15) is 4.79 Å². The summed E-state index contributed by atoms with van der Waals surface area (Å²) in [4.78, 5) is 20.4. The summed E-state index contributed by atoms with van der Waals surface area (Å²) in [5, 5.41) is 0. The second-order valence-corrected chi connectivity index (χ2v) is 10.5. The monoisotopic (exact) mass is 567 g/mol. The normalized spacial score (nSPS) is 17.7. The van der Waals surface area contributed by atoms with Crippen LogP contribution in [-0.4, -0.2) is 73.5 Å². The lowest BCUT2D eigenvalue weighted by molar-refractivity contribution is 0.0830. The number of carbonyl (C=O) groups is 1. The van der Waals surface area contributed by atoms with Gasteiger partial charge in [-0.1, -0.05) is 79.5 Å². The van der Waals surface area contributed by atoms with Gasteiger partial charge in [0.15, 0.2) is 5.78 Å². The third kappa shape index (κ3) is 12.6. The smallest absolute Gasteiger partial charge is 0.179 e. The fourth-order valence-corrected chi connectivity index (χ4v) is 5.44. The first-order valence-corrected chi connectivity index (χ1v) is 16.6. The molecule has 41 heavy (non-hydrogen) atoms. The molecular formula is C36H61N3O2. The van der Waals surface area contributed by atoms with Gasteiger partial charge in [-0.3, -0.25) is 9.69 Å². The van der Waals surface area contributed by atoms with Crippen LogP contribution in [0.3, 0.4) is 0 Å². The number of hydrogen-bond acceptors (Lipinski definition) is 5. The van der Waals surface area contributed by atoms with Gasteiger partial charge in [0.05, 0.1) is 12.6 Å². The Labute approximate surface area is 253 Å². The van der Waals surface area contributed by atoms with Crippen LogP contribution in [0.4, 0.5) is 5.69 Å². The van der Waals surface area contributed by atoms with Crippen LogP contribution in [0.25, 0.3) is 0 Å². The van der Waals surface area contributed by atoms with Crippen molar-refractivity contribution in [3.05, 3.63) is 60.2 Å². The number of benzene rings is 2. The van der Waals surface area contributed by atoms with Crippen molar-refractivity contribution in [3.63, 3.8) is 0 Å². The summed E-state index contributed by atoms with van der Waals surface area (Å²) >= 11 is 0. The molecule has 5 nitrogen and oxygen atoms in total. The SMILES string of the molecule is CC.CC.CCC.CCCC1CCCN1CCCOc1ccc(C(=O)C(C)N2CCN(c3ccccc3)CC2)cc1. The minimum Gasteiger partial charge on any atom is -0.494 e. The van der Waals surface area contributed by atoms with E-state index in [1.54, 1.807) is 0 Å². The Balaban J connectivity index is 0.00000110. The van der Waals surface area contributed by atoms with Crippen LogP contribution in [0.15, 0.2) is 54.6 Å². The highest BCUT2D eigenvalue weighted by Crippen LogP contribution is 2.22. The van der Waals surface area contributed by atoms with Crippen molar-refractivity contribution >= 4 is 11.5 Å². The lowest BCUT2D eigenvalue weighted by Gasteiger charge is -2.38. The molecule has 2 aromatic rings. The maximum absolute atomic E-state index is 13.1. The van der Waals surface area contributed by atoms with Crippen LogP contribution in [0.2, 0.25) is 0 Å². The molecule has 2 heterocycles. The zero-order valence-electron chi connectivity index (χ0n) is 27.7. The molecule has 2 aliphatic heterocycles. The zero-order chi connectivity index (χ0) is 30.5. The van der Waals surface area contributed by atoms with Gasteiger partial charge in [0.1, 0.15) is 5.75 Å². The van der Waals surface area contributed by atoms with E-state index in [1.807, 2.05) is 65.0 Å². The van der Waals surface area contributed by atoms with Gasteiger partial charge < -0.3 is 14.5 Å².